The van der Waals surface area contributed by atoms with E-state index in [2.05, 4.69) is 6.58 Å². The lowest BCUT2D eigenvalue weighted by molar-refractivity contribution is -0.166. The number of carbonyl (C=O) groups excluding carboxylic acids is 1. The average molecular weight is 296 g/mol. The Bertz CT molecular complexity index is 406. The van der Waals surface area contributed by atoms with Crippen molar-refractivity contribution in [2.75, 3.05) is 33.0 Å². The Hall–Kier alpha value is -1.89. The van der Waals surface area contributed by atoms with Gasteiger partial charge in [0.25, 0.3) is 6.29 Å². The highest BCUT2D eigenvalue weighted by molar-refractivity contribution is 5.81. The van der Waals surface area contributed by atoms with Gasteiger partial charge in [0.15, 0.2) is 0 Å². The van der Waals surface area contributed by atoms with Gasteiger partial charge in [-0.3, -0.25) is 0 Å². The third-order valence-electron chi connectivity index (χ3n) is 2.29. The Balaban J connectivity index is 2.37. The normalized spacial score (nSPS) is 11.7. The summed E-state index contributed by atoms with van der Waals surface area (Å²) in [5.74, 6) is -0.0180. The molecule has 0 radical (unpaired) electrons. The van der Waals surface area contributed by atoms with Gasteiger partial charge in [-0.05, 0) is 12.1 Å². The van der Waals surface area contributed by atoms with Crippen LogP contribution in [0.5, 0.6) is 5.75 Å². The van der Waals surface area contributed by atoms with Crippen molar-refractivity contribution in [2.24, 2.45) is 0 Å². The van der Waals surface area contributed by atoms with E-state index in [9.17, 15) is 4.79 Å². The summed E-state index contributed by atoms with van der Waals surface area (Å²) < 4.78 is 20.9. The first-order valence-electron chi connectivity index (χ1n) is 6.57. The fraction of sp³-hybridized carbons (Fsp3) is 0.400. The van der Waals surface area contributed by atoms with Gasteiger partial charge in [0, 0.05) is 6.08 Å². The fourth-order valence-electron chi connectivity index (χ4n) is 1.38. The number of hydrogen-bond acceptors (Lipinski definition) is 6. The maximum atomic E-state index is 11.3. The molecule has 0 bridgehead atoms. The third-order valence-corrected chi connectivity index (χ3v) is 2.29. The first kappa shape index (κ1) is 17.2. The summed E-state index contributed by atoms with van der Waals surface area (Å²) >= 11 is 0. The Morgan fingerprint density at radius 2 is 1.90 bits per heavy atom. The third kappa shape index (κ3) is 8.09. The zero-order valence-electron chi connectivity index (χ0n) is 11.8. The topological polar surface area (TPSA) is 74.2 Å². The van der Waals surface area contributed by atoms with Crippen molar-refractivity contribution in [1.82, 2.24) is 0 Å². The first-order valence-corrected chi connectivity index (χ1v) is 6.57. The van der Waals surface area contributed by atoms with Crippen molar-refractivity contribution < 1.29 is 28.8 Å². The molecule has 1 unspecified atom stereocenters. The lowest BCUT2D eigenvalue weighted by Crippen LogP contribution is -2.29. The minimum Gasteiger partial charge on any atom is -0.452 e. The lowest BCUT2D eigenvalue weighted by Gasteiger charge is -2.18. The van der Waals surface area contributed by atoms with E-state index in [0.717, 1.165) is 6.08 Å². The molecule has 0 saturated heterocycles. The number of aliphatic hydroxyl groups excluding tert-OH is 1. The maximum absolute atomic E-state index is 11.3. The van der Waals surface area contributed by atoms with Gasteiger partial charge >= 0.3 is 5.97 Å². The second-order valence-electron chi connectivity index (χ2n) is 3.91. The molecule has 6 heteroatoms. The van der Waals surface area contributed by atoms with E-state index in [0.29, 0.717) is 19.0 Å². The molecule has 1 atom stereocenters. The van der Waals surface area contributed by atoms with E-state index in [1.165, 1.54) is 0 Å². The van der Waals surface area contributed by atoms with Crippen LogP contribution >= 0.6 is 0 Å². The van der Waals surface area contributed by atoms with Crippen LogP contribution in [0.4, 0.5) is 0 Å². The van der Waals surface area contributed by atoms with Crippen LogP contribution in [0.15, 0.2) is 43.0 Å². The van der Waals surface area contributed by atoms with Crippen LogP contribution in [0.3, 0.4) is 0 Å². The molecule has 0 amide bonds. The van der Waals surface area contributed by atoms with Crippen LogP contribution in [0, 0.1) is 0 Å². The summed E-state index contributed by atoms with van der Waals surface area (Å²) in [6.07, 6.45) is 0.196. The number of esters is 1. The van der Waals surface area contributed by atoms with Gasteiger partial charge in [-0.2, -0.15) is 0 Å². The predicted molar refractivity (Wildman–Crippen MR) is 75.9 cm³/mol. The quantitative estimate of drug-likeness (QED) is 0.286. The summed E-state index contributed by atoms with van der Waals surface area (Å²) in [6.45, 7) is 4.28. The maximum Gasteiger partial charge on any atom is 0.333 e. The molecule has 0 aliphatic rings. The number of rotatable bonds is 11. The van der Waals surface area contributed by atoms with Crippen LogP contribution in [-0.4, -0.2) is 50.4 Å². The Morgan fingerprint density at radius 1 is 1.19 bits per heavy atom. The second kappa shape index (κ2) is 10.8. The zero-order valence-corrected chi connectivity index (χ0v) is 11.8. The summed E-state index contributed by atoms with van der Waals surface area (Å²) in [4.78, 5) is 11.3. The van der Waals surface area contributed by atoms with Crippen LogP contribution in [-0.2, 0) is 19.0 Å². The van der Waals surface area contributed by atoms with Gasteiger partial charge in [-0.15, -0.1) is 0 Å². The molecular weight excluding hydrogens is 276 g/mol. The van der Waals surface area contributed by atoms with Crippen molar-refractivity contribution in [3.8, 4) is 5.75 Å². The minimum absolute atomic E-state index is 0.0311. The molecule has 1 aromatic carbocycles. The largest absolute Gasteiger partial charge is 0.452 e. The highest BCUT2D eigenvalue weighted by Crippen LogP contribution is 2.12. The smallest absolute Gasteiger partial charge is 0.333 e. The molecule has 21 heavy (non-hydrogen) atoms. The Kier molecular flexibility index (Phi) is 8.86. The van der Waals surface area contributed by atoms with Gasteiger partial charge in [0.2, 0.25) is 0 Å². The Labute approximate surface area is 123 Å². The Morgan fingerprint density at radius 3 is 2.57 bits per heavy atom. The zero-order chi connectivity index (χ0) is 15.3. The molecule has 6 nitrogen and oxygen atoms in total. The number of hydrogen-bond donors (Lipinski definition) is 1. The molecule has 1 aromatic rings. The molecule has 0 fully saturated rings. The standard InChI is InChI=1S/C15H20O6/c1-2-14(17)21-15(12-19-11-10-18-9-8-16)20-13-6-4-3-5-7-13/h2-7,15-16H,1,8-12H2. The predicted octanol–water partition coefficient (Wildman–Crippen LogP) is 1.15. The van der Waals surface area contributed by atoms with Crippen LogP contribution in [0.25, 0.3) is 0 Å². The van der Waals surface area contributed by atoms with Gasteiger partial charge < -0.3 is 24.1 Å². The van der Waals surface area contributed by atoms with Crippen molar-refractivity contribution in [3.63, 3.8) is 0 Å². The monoisotopic (exact) mass is 296 g/mol. The molecule has 0 saturated carbocycles. The number of para-hydroxylation sites is 1. The average Bonchev–Trinajstić information content (AvgIpc) is 2.51. The summed E-state index contributed by atoms with van der Waals surface area (Å²) in [5, 5.41) is 8.55. The van der Waals surface area contributed by atoms with Gasteiger partial charge in [0.05, 0.1) is 26.4 Å². The molecule has 116 valence electrons. The fourth-order valence-corrected chi connectivity index (χ4v) is 1.38. The van der Waals surface area contributed by atoms with Crippen molar-refractivity contribution in [3.05, 3.63) is 43.0 Å². The van der Waals surface area contributed by atoms with Crippen molar-refractivity contribution in [1.29, 1.82) is 0 Å². The SMILES string of the molecule is C=CC(=O)OC(COCCOCCO)Oc1ccccc1. The van der Waals surface area contributed by atoms with E-state index in [1.807, 2.05) is 18.2 Å². The number of aliphatic hydroxyl groups is 1. The molecule has 0 aliphatic heterocycles. The van der Waals surface area contributed by atoms with Crippen molar-refractivity contribution >= 4 is 5.97 Å². The molecule has 0 spiro atoms. The van der Waals surface area contributed by atoms with Crippen LogP contribution in [0.2, 0.25) is 0 Å². The second-order valence-corrected chi connectivity index (χ2v) is 3.91. The van der Waals surface area contributed by atoms with Gasteiger partial charge in [-0.1, -0.05) is 24.8 Å². The first-order chi connectivity index (χ1) is 10.3. The van der Waals surface area contributed by atoms with E-state index < -0.39 is 12.3 Å². The molecule has 1 rings (SSSR count). The van der Waals surface area contributed by atoms with Gasteiger partial charge in [0.1, 0.15) is 12.4 Å². The lowest BCUT2D eigenvalue weighted by atomic mass is 10.3. The highest BCUT2D eigenvalue weighted by atomic mass is 16.7. The summed E-state index contributed by atoms with van der Waals surface area (Å²) in [5.41, 5.74) is 0. The summed E-state index contributed by atoms with van der Waals surface area (Å²) in [7, 11) is 0. The number of benzene rings is 1. The molecule has 0 aromatic heterocycles. The number of carbonyl (C=O) groups is 1. The van der Waals surface area contributed by atoms with E-state index in [4.69, 9.17) is 24.1 Å². The number of ether oxygens (including phenoxy) is 4. The molecule has 0 aliphatic carbocycles. The van der Waals surface area contributed by atoms with Gasteiger partial charge in [-0.25, -0.2) is 4.79 Å². The summed E-state index contributed by atoms with van der Waals surface area (Å²) in [6, 6.07) is 8.97. The van der Waals surface area contributed by atoms with E-state index in [1.54, 1.807) is 12.1 Å². The van der Waals surface area contributed by atoms with E-state index >= 15 is 0 Å². The van der Waals surface area contributed by atoms with Crippen LogP contribution < -0.4 is 4.74 Å². The minimum atomic E-state index is -0.865. The van der Waals surface area contributed by atoms with Crippen molar-refractivity contribution in [2.45, 2.75) is 6.29 Å². The van der Waals surface area contributed by atoms with Crippen LogP contribution in [0.1, 0.15) is 0 Å². The molecule has 1 N–H and O–H groups in total. The highest BCUT2D eigenvalue weighted by Gasteiger charge is 2.14. The molecule has 0 heterocycles. The van der Waals surface area contributed by atoms with E-state index in [-0.39, 0.29) is 19.8 Å². The molecular formula is C15H20O6.